The molecule has 0 unspecified atom stereocenters. The van der Waals surface area contributed by atoms with Gasteiger partial charge in [0, 0.05) is 17.4 Å². The molecule has 134 valence electrons. The van der Waals surface area contributed by atoms with Crippen LogP contribution in [0.5, 0.6) is 0 Å². The van der Waals surface area contributed by atoms with Crippen LogP contribution in [0.4, 0.5) is 4.39 Å². The second-order valence-electron chi connectivity index (χ2n) is 6.82. The first kappa shape index (κ1) is 19.4. The lowest BCUT2D eigenvalue weighted by molar-refractivity contribution is -0.121. The van der Waals surface area contributed by atoms with Gasteiger partial charge in [0.25, 0.3) is 0 Å². The highest BCUT2D eigenvalue weighted by atomic mass is 79.9. The Kier molecular flexibility index (Phi) is 8.19. The van der Waals surface area contributed by atoms with Crippen molar-refractivity contribution in [3.05, 3.63) is 34.1 Å². The van der Waals surface area contributed by atoms with Gasteiger partial charge in [0.05, 0.1) is 0 Å². The van der Waals surface area contributed by atoms with Crippen LogP contribution < -0.4 is 5.32 Å². The largest absolute Gasteiger partial charge is 0.356 e. The molecule has 1 aromatic carbocycles. The molecule has 0 aromatic heterocycles. The van der Waals surface area contributed by atoms with Crippen molar-refractivity contribution < 1.29 is 9.18 Å². The van der Waals surface area contributed by atoms with Crippen LogP contribution in [0, 0.1) is 11.7 Å². The van der Waals surface area contributed by atoms with Crippen LogP contribution in [0.1, 0.15) is 44.6 Å². The Labute approximate surface area is 153 Å². The second kappa shape index (κ2) is 10.1. The van der Waals surface area contributed by atoms with E-state index in [1.807, 2.05) is 0 Å². The number of hydrogen-bond donors (Lipinski definition) is 1. The van der Waals surface area contributed by atoms with E-state index in [2.05, 4.69) is 33.1 Å². The molecule has 1 N–H and O–H groups in total. The lowest BCUT2D eigenvalue weighted by atomic mass is 9.99. The predicted molar refractivity (Wildman–Crippen MR) is 99.5 cm³/mol. The number of unbranched alkanes of at least 4 members (excludes halogenated alkanes) is 1. The van der Waals surface area contributed by atoms with Gasteiger partial charge in [-0.15, -0.1) is 0 Å². The third-order valence-electron chi connectivity index (χ3n) is 4.74. The van der Waals surface area contributed by atoms with Gasteiger partial charge in [0.15, 0.2) is 0 Å². The molecule has 0 saturated carbocycles. The molecule has 1 amide bonds. The minimum Gasteiger partial charge on any atom is -0.356 e. The summed E-state index contributed by atoms with van der Waals surface area (Å²) in [4.78, 5) is 14.4. The topological polar surface area (TPSA) is 32.3 Å². The Morgan fingerprint density at radius 3 is 2.79 bits per heavy atom. The summed E-state index contributed by atoms with van der Waals surface area (Å²) in [5, 5.41) is 2.94. The van der Waals surface area contributed by atoms with Crippen LogP contribution in [0.2, 0.25) is 0 Å². The van der Waals surface area contributed by atoms with Crippen molar-refractivity contribution in [2.45, 2.75) is 45.4 Å². The van der Waals surface area contributed by atoms with E-state index in [1.165, 1.54) is 32.0 Å². The number of likely N-dealkylation sites (tertiary alicyclic amines) is 1. The van der Waals surface area contributed by atoms with E-state index in [-0.39, 0.29) is 11.7 Å². The van der Waals surface area contributed by atoms with Crippen molar-refractivity contribution in [2.24, 2.45) is 5.92 Å². The van der Waals surface area contributed by atoms with Gasteiger partial charge < -0.3 is 10.2 Å². The third-order valence-corrected chi connectivity index (χ3v) is 5.23. The van der Waals surface area contributed by atoms with E-state index < -0.39 is 0 Å². The van der Waals surface area contributed by atoms with E-state index in [1.54, 1.807) is 12.1 Å². The Bertz CT molecular complexity index is 530. The zero-order valence-electron chi connectivity index (χ0n) is 14.5. The van der Waals surface area contributed by atoms with Gasteiger partial charge >= 0.3 is 0 Å². The highest BCUT2D eigenvalue weighted by Crippen LogP contribution is 2.17. The second-order valence-corrected chi connectivity index (χ2v) is 7.73. The molecular weight excluding hydrogens is 371 g/mol. The SMILES string of the molecule is CC1CCN(CCCCNC(=O)CCc2ccc(Br)cc2F)CC1. The van der Waals surface area contributed by atoms with E-state index in [0.717, 1.165) is 29.8 Å². The molecule has 1 aromatic rings. The molecule has 1 fully saturated rings. The normalized spacial score (nSPS) is 16.3. The van der Waals surface area contributed by atoms with Crippen LogP contribution in [0.3, 0.4) is 0 Å². The maximum absolute atomic E-state index is 13.7. The number of amides is 1. The number of nitrogens with one attached hydrogen (secondary N) is 1. The molecule has 2 rings (SSSR count). The molecule has 24 heavy (non-hydrogen) atoms. The van der Waals surface area contributed by atoms with E-state index in [9.17, 15) is 9.18 Å². The zero-order chi connectivity index (χ0) is 17.4. The number of halogens is 2. The number of piperidine rings is 1. The summed E-state index contributed by atoms with van der Waals surface area (Å²) in [6, 6.07) is 4.97. The van der Waals surface area contributed by atoms with Gasteiger partial charge in [-0.05, 0) is 75.4 Å². The van der Waals surface area contributed by atoms with Crippen molar-refractivity contribution in [3.63, 3.8) is 0 Å². The average molecular weight is 399 g/mol. The van der Waals surface area contributed by atoms with E-state index in [0.29, 0.717) is 24.9 Å². The van der Waals surface area contributed by atoms with Crippen molar-refractivity contribution in [2.75, 3.05) is 26.2 Å². The molecule has 1 saturated heterocycles. The Hall–Kier alpha value is -0.940. The van der Waals surface area contributed by atoms with Crippen molar-refractivity contribution >= 4 is 21.8 Å². The molecule has 0 spiro atoms. The lowest BCUT2D eigenvalue weighted by Gasteiger charge is -2.30. The Morgan fingerprint density at radius 1 is 1.33 bits per heavy atom. The molecule has 0 radical (unpaired) electrons. The fourth-order valence-electron chi connectivity index (χ4n) is 3.03. The lowest BCUT2D eigenvalue weighted by Crippen LogP contribution is -2.34. The first-order valence-electron chi connectivity index (χ1n) is 8.97. The summed E-state index contributed by atoms with van der Waals surface area (Å²) in [6.07, 6.45) is 5.52. The average Bonchev–Trinajstić information content (AvgIpc) is 2.55. The number of carbonyl (C=O) groups excluding carboxylic acids is 1. The molecule has 0 bridgehead atoms. The van der Waals surface area contributed by atoms with Crippen LogP contribution in [0.15, 0.2) is 22.7 Å². The minimum absolute atomic E-state index is 0.00381. The van der Waals surface area contributed by atoms with Crippen molar-refractivity contribution in [1.82, 2.24) is 10.2 Å². The quantitative estimate of drug-likeness (QED) is 0.667. The van der Waals surface area contributed by atoms with Gasteiger partial charge in [-0.25, -0.2) is 4.39 Å². The first-order valence-corrected chi connectivity index (χ1v) is 9.77. The van der Waals surface area contributed by atoms with Gasteiger partial charge in [-0.3, -0.25) is 4.79 Å². The first-order chi connectivity index (χ1) is 11.5. The van der Waals surface area contributed by atoms with Crippen LogP contribution >= 0.6 is 15.9 Å². The highest BCUT2D eigenvalue weighted by Gasteiger charge is 2.14. The number of carbonyl (C=O) groups is 1. The molecule has 1 heterocycles. The van der Waals surface area contributed by atoms with Crippen LogP contribution in [0.25, 0.3) is 0 Å². The summed E-state index contributed by atoms with van der Waals surface area (Å²) in [5.41, 5.74) is 0.590. The maximum Gasteiger partial charge on any atom is 0.220 e. The Balaban J connectivity index is 1.53. The smallest absolute Gasteiger partial charge is 0.220 e. The third kappa shape index (κ3) is 6.89. The Morgan fingerprint density at radius 2 is 2.08 bits per heavy atom. The summed E-state index contributed by atoms with van der Waals surface area (Å²) in [5.74, 6) is 0.619. The van der Waals surface area contributed by atoms with Gasteiger partial charge in [-0.1, -0.05) is 28.9 Å². The maximum atomic E-state index is 13.7. The van der Waals surface area contributed by atoms with Gasteiger partial charge in [0.1, 0.15) is 5.82 Å². The van der Waals surface area contributed by atoms with E-state index >= 15 is 0 Å². The van der Waals surface area contributed by atoms with Crippen molar-refractivity contribution in [3.8, 4) is 0 Å². The van der Waals surface area contributed by atoms with Crippen LogP contribution in [-0.2, 0) is 11.2 Å². The fourth-order valence-corrected chi connectivity index (χ4v) is 3.37. The minimum atomic E-state index is -0.256. The molecule has 1 aliphatic rings. The van der Waals surface area contributed by atoms with Crippen molar-refractivity contribution in [1.29, 1.82) is 0 Å². The number of benzene rings is 1. The summed E-state index contributed by atoms with van der Waals surface area (Å²) in [7, 11) is 0. The number of aryl methyl sites for hydroxylation is 1. The molecular formula is C19H28BrFN2O. The zero-order valence-corrected chi connectivity index (χ0v) is 16.1. The standard InChI is InChI=1S/C19H28BrFN2O/c1-15-8-12-23(13-9-15)11-3-2-10-22-19(24)7-5-16-4-6-17(20)14-18(16)21/h4,6,14-15H,2-3,5,7-13H2,1H3,(H,22,24). The molecule has 0 atom stereocenters. The molecule has 5 heteroatoms. The number of rotatable bonds is 8. The molecule has 1 aliphatic heterocycles. The summed E-state index contributed by atoms with van der Waals surface area (Å²) < 4.78 is 14.4. The highest BCUT2D eigenvalue weighted by molar-refractivity contribution is 9.10. The fraction of sp³-hybridized carbons (Fsp3) is 0.632. The summed E-state index contributed by atoms with van der Waals surface area (Å²) in [6.45, 7) is 6.60. The number of nitrogens with zero attached hydrogens (tertiary/aromatic N) is 1. The summed E-state index contributed by atoms with van der Waals surface area (Å²) >= 11 is 3.23. The van der Waals surface area contributed by atoms with Gasteiger partial charge in [-0.2, -0.15) is 0 Å². The predicted octanol–water partition coefficient (Wildman–Crippen LogP) is 4.15. The van der Waals surface area contributed by atoms with E-state index in [4.69, 9.17) is 0 Å². The molecule has 3 nitrogen and oxygen atoms in total. The number of hydrogen-bond acceptors (Lipinski definition) is 2. The van der Waals surface area contributed by atoms with Crippen LogP contribution in [-0.4, -0.2) is 37.0 Å². The monoisotopic (exact) mass is 398 g/mol. The van der Waals surface area contributed by atoms with Gasteiger partial charge in [0.2, 0.25) is 5.91 Å². The molecule has 0 aliphatic carbocycles.